The number of halogens is 3. The number of hydrogen-bond donors (Lipinski definition) is 2. The Kier molecular flexibility index (Phi) is 7.69. The first-order valence-corrected chi connectivity index (χ1v) is 11.1. The molecule has 33 heavy (non-hydrogen) atoms. The SMILES string of the molecule is CCN(CC)CC1CCC2(CN(C(=O)c3cc4ccccc4[nH]3)C2)OC1.O=C(O)C(F)(F)F. The van der Waals surface area contributed by atoms with Crippen molar-refractivity contribution in [3.8, 4) is 0 Å². The van der Waals surface area contributed by atoms with E-state index < -0.39 is 12.1 Å². The number of hydrogen-bond acceptors (Lipinski definition) is 4. The van der Waals surface area contributed by atoms with Gasteiger partial charge in [-0.15, -0.1) is 0 Å². The number of aliphatic carboxylic acids is 1. The molecule has 2 aliphatic rings. The number of nitrogens with one attached hydrogen (secondary N) is 1. The van der Waals surface area contributed by atoms with Gasteiger partial charge in [-0.3, -0.25) is 4.79 Å². The Morgan fingerprint density at radius 2 is 1.88 bits per heavy atom. The number of alkyl halides is 3. The minimum absolute atomic E-state index is 0.0840. The van der Waals surface area contributed by atoms with Crippen molar-refractivity contribution in [2.45, 2.75) is 38.5 Å². The summed E-state index contributed by atoms with van der Waals surface area (Å²) >= 11 is 0. The van der Waals surface area contributed by atoms with Crippen LogP contribution < -0.4 is 0 Å². The quantitative estimate of drug-likeness (QED) is 0.697. The van der Waals surface area contributed by atoms with Crippen LogP contribution in [0, 0.1) is 5.92 Å². The van der Waals surface area contributed by atoms with Gasteiger partial charge in [0.1, 0.15) is 11.3 Å². The van der Waals surface area contributed by atoms with E-state index in [1.807, 2.05) is 35.2 Å². The van der Waals surface area contributed by atoms with Crippen LogP contribution in [-0.4, -0.2) is 82.9 Å². The Labute approximate surface area is 190 Å². The first-order chi connectivity index (χ1) is 15.6. The number of amides is 1. The fourth-order valence-electron chi connectivity index (χ4n) is 4.31. The topological polar surface area (TPSA) is 85.9 Å². The van der Waals surface area contributed by atoms with Crippen molar-refractivity contribution in [3.63, 3.8) is 0 Å². The van der Waals surface area contributed by atoms with Gasteiger partial charge < -0.3 is 24.6 Å². The molecule has 1 aromatic carbocycles. The Balaban J connectivity index is 0.000000383. The molecule has 10 heteroatoms. The number of likely N-dealkylation sites (tertiary alicyclic amines) is 1. The third kappa shape index (κ3) is 6.05. The van der Waals surface area contributed by atoms with Crippen molar-refractivity contribution in [1.82, 2.24) is 14.8 Å². The van der Waals surface area contributed by atoms with E-state index in [0.29, 0.717) is 11.6 Å². The van der Waals surface area contributed by atoms with Gasteiger partial charge in [-0.2, -0.15) is 13.2 Å². The molecule has 1 aromatic heterocycles. The van der Waals surface area contributed by atoms with Gasteiger partial charge in [0, 0.05) is 17.4 Å². The smallest absolute Gasteiger partial charge is 0.475 e. The number of fused-ring (bicyclic) bond motifs is 1. The Morgan fingerprint density at radius 1 is 1.24 bits per heavy atom. The molecule has 2 aliphatic heterocycles. The van der Waals surface area contributed by atoms with Crippen LogP contribution in [0.4, 0.5) is 13.2 Å². The molecule has 3 heterocycles. The molecule has 182 valence electrons. The molecule has 1 unspecified atom stereocenters. The average Bonchev–Trinajstić information content (AvgIpc) is 3.20. The standard InChI is InChI=1S/C21H29N3O2.C2HF3O2/c1-3-23(4-2)12-16-9-10-21(26-13-16)14-24(15-21)20(25)19-11-17-7-5-6-8-18(17)22-19;3-2(4,5)1(6)7/h5-8,11,16,22H,3-4,9-10,12-15H2,1-2H3;(H,6,7). The summed E-state index contributed by atoms with van der Waals surface area (Å²) in [5.41, 5.74) is 1.59. The number of carboxylic acids is 1. The van der Waals surface area contributed by atoms with Crippen molar-refractivity contribution in [2.75, 3.05) is 39.3 Å². The third-order valence-electron chi connectivity index (χ3n) is 6.29. The predicted molar refractivity (Wildman–Crippen MR) is 117 cm³/mol. The highest BCUT2D eigenvalue weighted by atomic mass is 19.4. The van der Waals surface area contributed by atoms with Crippen molar-refractivity contribution in [1.29, 1.82) is 0 Å². The fraction of sp³-hybridized carbons (Fsp3) is 0.565. The molecule has 0 saturated carbocycles. The summed E-state index contributed by atoms with van der Waals surface area (Å²) in [5, 5.41) is 8.21. The number of rotatable bonds is 5. The molecule has 2 N–H and O–H groups in total. The normalized spacial score (nSPS) is 19.8. The highest BCUT2D eigenvalue weighted by molar-refractivity contribution is 5.98. The van der Waals surface area contributed by atoms with Crippen LogP contribution in [0.2, 0.25) is 0 Å². The van der Waals surface area contributed by atoms with E-state index in [0.717, 1.165) is 56.7 Å². The number of aromatic nitrogens is 1. The monoisotopic (exact) mass is 469 g/mol. The molecule has 2 saturated heterocycles. The number of nitrogens with zero attached hydrogens (tertiary/aromatic N) is 2. The largest absolute Gasteiger partial charge is 0.490 e. The van der Waals surface area contributed by atoms with Gasteiger partial charge >= 0.3 is 12.1 Å². The van der Waals surface area contributed by atoms with Gasteiger partial charge in [0.05, 0.1) is 19.7 Å². The van der Waals surface area contributed by atoms with E-state index in [4.69, 9.17) is 14.6 Å². The van der Waals surface area contributed by atoms with Gasteiger partial charge in [-0.05, 0) is 44.0 Å². The van der Waals surface area contributed by atoms with E-state index in [-0.39, 0.29) is 11.5 Å². The average molecular weight is 470 g/mol. The Hall–Kier alpha value is -2.59. The molecule has 1 atom stereocenters. The fourth-order valence-corrected chi connectivity index (χ4v) is 4.31. The van der Waals surface area contributed by atoms with Crippen LogP contribution in [0.25, 0.3) is 10.9 Å². The van der Waals surface area contributed by atoms with Crippen molar-refractivity contribution in [2.24, 2.45) is 5.92 Å². The van der Waals surface area contributed by atoms with Gasteiger partial charge in [0.15, 0.2) is 0 Å². The second kappa shape index (κ2) is 10.1. The first kappa shape index (κ1) is 25.0. The summed E-state index contributed by atoms with van der Waals surface area (Å²) in [4.78, 5) is 29.3. The minimum Gasteiger partial charge on any atom is -0.475 e. The summed E-state index contributed by atoms with van der Waals surface area (Å²) in [6.07, 6.45) is -2.82. The summed E-state index contributed by atoms with van der Waals surface area (Å²) in [5.74, 6) is -2.05. The zero-order chi connectivity index (χ0) is 24.2. The van der Waals surface area contributed by atoms with Crippen molar-refractivity contribution >= 4 is 22.8 Å². The molecule has 2 aromatic rings. The predicted octanol–water partition coefficient (Wildman–Crippen LogP) is 3.76. The molecule has 0 aliphatic carbocycles. The second-order valence-corrected chi connectivity index (χ2v) is 8.62. The van der Waals surface area contributed by atoms with E-state index in [2.05, 4.69) is 23.7 Å². The van der Waals surface area contributed by atoms with Crippen molar-refractivity contribution in [3.05, 3.63) is 36.0 Å². The molecule has 1 amide bonds. The molecule has 2 fully saturated rings. The number of carboxylic acid groups (broad SMARTS) is 1. The molecule has 1 spiro atoms. The number of carbonyl (C=O) groups excluding carboxylic acids is 1. The molecular weight excluding hydrogens is 439 g/mol. The lowest BCUT2D eigenvalue weighted by molar-refractivity contribution is -0.192. The van der Waals surface area contributed by atoms with Gasteiger partial charge in [0.25, 0.3) is 5.91 Å². The number of ether oxygens (including phenoxy) is 1. The minimum atomic E-state index is -5.08. The van der Waals surface area contributed by atoms with E-state index in [1.54, 1.807) is 0 Å². The summed E-state index contributed by atoms with van der Waals surface area (Å²) in [7, 11) is 0. The van der Waals surface area contributed by atoms with Crippen molar-refractivity contribution < 1.29 is 32.6 Å². The zero-order valence-corrected chi connectivity index (χ0v) is 18.8. The van der Waals surface area contributed by atoms with E-state index >= 15 is 0 Å². The maximum absolute atomic E-state index is 12.7. The summed E-state index contributed by atoms with van der Waals surface area (Å²) in [6.45, 7) is 10.0. The van der Waals surface area contributed by atoms with Gasteiger partial charge in [0.2, 0.25) is 0 Å². The van der Waals surface area contributed by atoms with E-state index in [1.165, 1.54) is 6.42 Å². The maximum atomic E-state index is 12.7. The van der Waals surface area contributed by atoms with Gasteiger partial charge in [-0.25, -0.2) is 4.79 Å². The summed E-state index contributed by atoms with van der Waals surface area (Å²) < 4.78 is 38.0. The number of para-hydroxylation sites is 1. The van der Waals surface area contributed by atoms with E-state index in [9.17, 15) is 18.0 Å². The third-order valence-corrected chi connectivity index (χ3v) is 6.29. The highest BCUT2D eigenvalue weighted by Gasteiger charge is 2.48. The van der Waals surface area contributed by atoms with Crippen LogP contribution >= 0.6 is 0 Å². The Bertz CT molecular complexity index is 922. The van der Waals surface area contributed by atoms with Crippen LogP contribution in [-0.2, 0) is 9.53 Å². The molecule has 4 rings (SSSR count). The lowest BCUT2D eigenvalue weighted by Gasteiger charge is -2.52. The molecule has 7 nitrogen and oxygen atoms in total. The first-order valence-electron chi connectivity index (χ1n) is 11.1. The van der Waals surface area contributed by atoms with Crippen LogP contribution in [0.3, 0.4) is 0 Å². The van der Waals surface area contributed by atoms with Crippen LogP contribution in [0.1, 0.15) is 37.2 Å². The number of aromatic amines is 1. The van der Waals surface area contributed by atoms with Gasteiger partial charge in [-0.1, -0.05) is 32.0 Å². The maximum Gasteiger partial charge on any atom is 0.490 e. The molecular formula is C23H30F3N3O4. The Morgan fingerprint density at radius 3 is 2.39 bits per heavy atom. The number of H-pyrrole nitrogens is 1. The number of carbonyl (C=O) groups is 2. The highest BCUT2D eigenvalue weighted by Crippen LogP contribution is 2.37. The lowest BCUT2D eigenvalue weighted by atomic mass is 9.82. The second-order valence-electron chi connectivity index (χ2n) is 8.62. The molecule has 0 radical (unpaired) electrons. The number of benzene rings is 1. The van der Waals surface area contributed by atoms with Crippen LogP contribution in [0.5, 0.6) is 0 Å². The zero-order valence-electron chi connectivity index (χ0n) is 18.8. The van der Waals surface area contributed by atoms with Crippen LogP contribution in [0.15, 0.2) is 30.3 Å². The molecule has 0 bridgehead atoms. The summed E-state index contributed by atoms with van der Waals surface area (Å²) in [6, 6.07) is 9.96. The lowest BCUT2D eigenvalue weighted by Crippen LogP contribution is -2.66.